The number of nitrogens with two attached hydrogens (primary N) is 1. The van der Waals surface area contributed by atoms with Crippen molar-refractivity contribution in [1.82, 2.24) is 0 Å². The van der Waals surface area contributed by atoms with E-state index in [0.717, 1.165) is 11.1 Å². The zero-order chi connectivity index (χ0) is 14.3. The number of aryl methyl sites for hydroxylation is 1. The van der Waals surface area contributed by atoms with Crippen LogP contribution in [-0.4, -0.2) is 25.5 Å². The number of hydrogen-bond acceptors (Lipinski definition) is 3. The van der Waals surface area contributed by atoms with Gasteiger partial charge in [0.05, 0.1) is 18.6 Å². The standard InChI is InChI=1S/C16H23NO2/c1-11-7-12(15(2,3)4)5-6-13(11)14(18)16(8-17)9-19-10-16/h5-7H,8-10,17H2,1-4H3. The second-order valence-corrected chi connectivity index (χ2v) is 6.59. The smallest absolute Gasteiger partial charge is 0.175 e. The third-order valence-electron chi connectivity index (χ3n) is 3.97. The van der Waals surface area contributed by atoms with Gasteiger partial charge in [-0.3, -0.25) is 4.79 Å². The van der Waals surface area contributed by atoms with Crippen LogP contribution in [-0.2, 0) is 10.2 Å². The predicted molar refractivity (Wildman–Crippen MR) is 76.5 cm³/mol. The van der Waals surface area contributed by atoms with Crippen molar-refractivity contribution in [3.63, 3.8) is 0 Å². The molecule has 0 atom stereocenters. The van der Waals surface area contributed by atoms with Crippen LogP contribution in [0.3, 0.4) is 0 Å². The number of carbonyl (C=O) groups excluding carboxylic acids is 1. The van der Waals surface area contributed by atoms with E-state index in [1.165, 1.54) is 5.56 Å². The Morgan fingerprint density at radius 3 is 2.37 bits per heavy atom. The number of ketones is 1. The summed E-state index contributed by atoms with van der Waals surface area (Å²) in [6, 6.07) is 6.09. The van der Waals surface area contributed by atoms with Gasteiger partial charge in [0.2, 0.25) is 0 Å². The third-order valence-corrected chi connectivity index (χ3v) is 3.97. The average Bonchev–Trinajstić information content (AvgIpc) is 2.26. The van der Waals surface area contributed by atoms with Gasteiger partial charge < -0.3 is 10.5 Å². The highest BCUT2D eigenvalue weighted by Gasteiger charge is 2.45. The summed E-state index contributed by atoms with van der Waals surface area (Å²) in [7, 11) is 0. The van der Waals surface area contributed by atoms with E-state index in [4.69, 9.17) is 10.5 Å². The van der Waals surface area contributed by atoms with Crippen molar-refractivity contribution in [2.75, 3.05) is 19.8 Å². The Bertz CT molecular complexity index is 490. The van der Waals surface area contributed by atoms with Crippen molar-refractivity contribution in [3.05, 3.63) is 34.9 Å². The Kier molecular flexibility index (Phi) is 3.54. The van der Waals surface area contributed by atoms with E-state index in [1.807, 2.05) is 19.1 Å². The van der Waals surface area contributed by atoms with Crippen molar-refractivity contribution in [2.45, 2.75) is 33.1 Å². The predicted octanol–water partition coefficient (Wildman–Crippen LogP) is 2.45. The second-order valence-electron chi connectivity index (χ2n) is 6.59. The van der Waals surface area contributed by atoms with Gasteiger partial charge in [-0.1, -0.05) is 39.0 Å². The zero-order valence-corrected chi connectivity index (χ0v) is 12.2. The number of rotatable bonds is 3. The minimum absolute atomic E-state index is 0.0947. The van der Waals surface area contributed by atoms with Crippen molar-refractivity contribution >= 4 is 5.78 Å². The molecule has 1 aromatic carbocycles. The van der Waals surface area contributed by atoms with E-state index in [0.29, 0.717) is 19.8 Å². The molecular formula is C16H23NO2. The highest BCUT2D eigenvalue weighted by Crippen LogP contribution is 2.33. The fourth-order valence-corrected chi connectivity index (χ4v) is 2.36. The number of Topliss-reactive ketones (excluding diaryl/α,β-unsaturated/α-hetero) is 1. The Labute approximate surface area is 115 Å². The van der Waals surface area contributed by atoms with Crippen LogP contribution in [0.15, 0.2) is 18.2 Å². The first-order valence-electron chi connectivity index (χ1n) is 6.74. The summed E-state index contributed by atoms with van der Waals surface area (Å²) in [6.45, 7) is 9.75. The maximum Gasteiger partial charge on any atom is 0.175 e. The lowest BCUT2D eigenvalue weighted by Crippen LogP contribution is -2.54. The molecule has 1 saturated heterocycles. The summed E-state index contributed by atoms with van der Waals surface area (Å²) in [5.74, 6) is 0.124. The summed E-state index contributed by atoms with van der Waals surface area (Å²) in [5.41, 5.74) is 8.41. The maximum absolute atomic E-state index is 12.6. The largest absolute Gasteiger partial charge is 0.379 e. The van der Waals surface area contributed by atoms with Crippen LogP contribution < -0.4 is 5.73 Å². The molecule has 0 spiro atoms. The Hall–Kier alpha value is -1.19. The van der Waals surface area contributed by atoms with E-state index in [9.17, 15) is 4.79 Å². The van der Waals surface area contributed by atoms with Crippen LogP contribution >= 0.6 is 0 Å². The third kappa shape index (κ3) is 2.45. The molecule has 0 amide bonds. The molecule has 0 bridgehead atoms. The van der Waals surface area contributed by atoms with Gasteiger partial charge in [-0.2, -0.15) is 0 Å². The van der Waals surface area contributed by atoms with Gasteiger partial charge in [-0.05, 0) is 23.5 Å². The first kappa shape index (κ1) is 14.2. The molecule has 104 valence electrons. The molecule has 0 unspecified atom stereocenters. The molecule has 0 aromatic heterocycles. The van der Waals surface area contributed by atoms with Crippen molar-refractivity contribution in [2.24, 2.45) is 11.1 Å². The Balaban J connectivity index is 2.34. The van der Waals surface area contributed by atoms with Crippen molar-refractivity contribution in [3.8, 4) is 0 Å². The molecule has 0 aliphatic carbocycles. The highest BCUT2D eigenvalue weighted by molar-refractivity contribution is 6.02. The Morgan fingerprint density at radius 2 is 2.00 bits per heavy atom. The van der Waals surface area contributed by atoms with E-state index >= 15 is 0 Å². The lowest BCUT2D eigenvalue weighted by Gasteiger charge is -2.39. The summed E-state index contributed by atoms with van der Waals surface area (Å²) in [5, 5.41) is 0. The van der Waals surface area contributed by atoms with Gasteiger partial charge in [0.25, 0.3) is 0 Å². The van der Waals surface area contributed by atoms with Crippen LogP contribution in [0.2, 0.25) is 0 Å². The molecule has 1 aliphatic rings. The first-order valence-corrected chi connectivity index (χ1v) is 6.74. The molecule has 3 nitrogen and oxygen atoms in total. The minimum atomic E-state index is -0.492. The van der Waals surface area contributed by atoms with Crippen molar-refractivity contribution in [1.29, 1.82) is 0 Å². The zero-order valence-electron chi connectivity index (χ0n) is 12.2. The molecule has 0 saturated carbocycles. The second kappa shape index (κ2) is 4.73. The van der Waals surface area contributed by atoms with Crippen LogP contribution in [0.25, 0.3) is 0 Å². The number of carbonyl (C=O) groups is 1. The summed E-state index contributed by atoms with van der Waals surface area (Å²) < 4.78 is 5.19. The van der Waals surface area contributed by atoms with E-state index in [1.54, 1.807) is 0 Å². The molecule has 2 rings (SSSR count). The topological polar surface area (TPSA) is 52.3 Å². The molecular weight excluding hydrogens is 238 g/mol. The lowest BCUT2D eigenvalue weighted by atomic mass is 9.76. The molecule has 2 N–H and O–H groups in total. The van der Waals surface area contributed by atoms with Gasteiger partial charge in [-0.15, -0.1) is 0 Å². The van der Waals surface area contributed by atoms with Crippen LogP contribution in [0.5, 0.6) is 0 Å². The van der Waals surface area contributed by atoms with Crippen LogP contribution in [0.4, 0.5) is 0 Å². The molecule has 0 radical (unpaired) electrons. The molecule has 1 aliphatic heterocycles. The van der Waals surface area contributed by atoms with Gasteiger partial charge >= 0.3 is 0 Å². The monoisotopic (exact) mass is 261 g/mol. The minimum Gasteiger partial charge on any atom is -0.379 e. The fourth-order valence-electron chi connectivity index (χ4n) is 2.36. The van der Waals surface area contributed by atoms with E-state index in [-0.39, 0.29) is 11.2 Å². The molecule has 3 heteroatoms. The van der Waals surface area contributed by atoms with Gasteiger partial charge in [0, 0.05) is 12.1 Å². The van der Waals surface area contributed by atoms with Crippen molar-refractivity contribution < 1.29 is 9.53 Å². The SMILES string of the molecule is Cc1cc(C(C)(C)C)ccc1C(=O)C1(CN)COC1. The van der Waals surface area contributed by atoms with E-state index < -0.39 is 5.41 Å². The van der Waals surface area contributed by atoms with Gasteiger partial charge in [-0.25, -0.2) is 0 Å². The number of benzene rings is 1. The molecule has 1 heterocycles. The lowest BCUT2D eigenvalue weighted by molar-refractivity contribution is -0.0816. The molecule has 19 heavy (non-hydrogen) atoms. The molecule has 1 aromatic rings. The number of hydrogen-bond donors (Lipinski definition) is 1. The van der Waals surface area contributed by atoms with Gasteiger partial charge in [0.1, 0.15) is 0 Å². The summed E-state index contributed by atoms with van der Waals surface area (Å²) >= 11 is 0. The number of ether oxygens (including phenoxy) is 1. The highest BCUT2D eigenvalue weighted by atomic mass is 16.5. The normalized spacial score (nSPS) is 17.9. The maximum atomic E-state index is 12.6. The van der Waals surface area contributed by atoms with Crippen LogP contribution in [0, 0.1) is 12.3 Å². The van der Waals surface area contributed by atoms with Crippen LogP contribution in [0.1, 0.15) is 42.3 Å². The van der Waals surface area contributed by atoms with E-state index in [2.05, 4.69) is 26.8 Å². The molecule has 1 fully saturated rings. The summed E-state index contributed by atoms with van der Waals surface area (Å²) in [6.07, 6.45) is 0. The fraction of sp³-hybridized carbons (Fsp3) is 0.562. The van der Waals surface area contributed by atoms with Gasteiger partial charge in [0.15, 0.2) is 5.78 Å². The summed E-state index contributed by atoms with van der Waals surface area (Å²) in [4.78, 5) is 12.6. The average molecular weight is 261 g/mol. The Morgan fingerprint density at radius 1 is 1.37 bits per heavy atom. The quantitative estimate of drug-likeness (QED) is 0.850. The first-order chi connectivity index (χ1) is 8.80.